The van der Waals surface area contributed by atoms with Gasteiger partial charge in [0.15, 0.2) is 0 Å². The molecule has 0 saturated carbocycles. The lowest BCUT2D eigenvalue weighted by atomic mass is 10.0. The number of imidazole rings is 4. The third-order valence-corrected chi connectivity index (χ3v) is 34.2. The van der Waals surface area contributed by atoms with Crippen LogP contribution in [0.2, 0.25) is 0 Å². The number of pyridine rings is 4. The summed E-state index contributed by atoms with van der Waals surface area (Å²) in [5.41, 5.74) is 24.3. The number of hydrogen-bond acceptors (Lipinski definition) is 12. The van der Waals surface area contributed by atoms with Crippen LogP contribution < -0.4 is 0 Å². The van der Waals surface area contributed by atoms with Gasteiger partial charge in [-0.2, -0.15) is 0 Å². The Morgan fingerprint density at radius 3 is 0.950 bits per heavy atom. The van der Waals surface area contributed by atoms with Crippen LogP contribution in [0.25, 0.3) is 322 Å². The Labute approximate surface area is 804 Å². The summed E-state index contributed by atoms with van der Waals surface area (Å²) in [6.45, 7) is 0. The van der Waals surface area contributed by atoms with Crippen LogP contribution in [-0.2, 0) is 0 Å². The van der Waals surface area contributed by atoms with Crippen molar-refractivity contribution < 1.29 is 17.7 Å². The number of para-hydroxylation sites is 12. The molecule has 16 heteroatoms. The molecule has 0 spiro atoms. The lowest BCUT2D eigenvalue weighted by Crippen LogP contribution is -1.92. The summed E-state index contributed by atoms with van der Waals surface area (Å²) in [5.74, 6) is 0. The Balaban J connectivity index is 0.0000000829. The van der Waals surface area contributed by atoms with Crippen LogP contribution in [0.3, 0.4) is 0 Å². The van der Waals surface area contributed by atoms with Gasteiger partial charge < -0.3 is 17.7 Å². The summed E-state index contributed by atoms with van der Waals surface area (Å²) >= 11 is 7.43. The third-order valence-electron chi connectivity index (χ3n) is 29.4. The van der Waals surface area contributed by atoms with Gasteiger partial charge >= 0.3 is 0 Å². The Morgan fingerprint density at radius 1 is 0.157 bits per heavy atom. The molecular formula is C124H64N8O4S4. The molecule has 140 heavy (non-hydrogen) atoms. The average Bonchev–Trinajstić information content (AvgIpc) is 1.54. The van der Waals surface area contributed by atoms with Gasteiger partial charge in [-0.1, -0.05) is 231 Å². The van der Waals surface area contributed by atoms with Gasteiger partial charge in [-0.05, 0) is 167 Å². The molecule has 648 valence electrons. The quantitative estimate of drug-likeness (QED) is 0.138. The highest BCUT2D eigenvalue weighted by atomic mass is 32.1. The maximum atomic E-state index is 6.30. The number of fused-ring (bicyclic) bond motifs is 60. The van der Waals surface area contributed by atoms with Crippen molar-refractivity contribution in [2.75, 3.05) is 0 Å². The number of rotatable bonds is 0. The van der Waals surface area contributed by atoms with Crippen LogP contribution in [0.15, 0.2) is 406 Å². The van der Waals surface area contributed by atoms with E-state index in [1.165, 1.54) is 145 Å². The Morgan fingerprint density at radius 2 is 0.471 bits per heavy atom. The number of nitrogens with zero attached hydrogens (tertiary/aromatic N) is 8. The van der Waals surface area contributed by atoms with E-state index >= 15 is 0 Å². The molecule has 36 rings (SSSR count). The summed E-state index contributed by atoms with van der Waals surface area (Å²) in [4.78, 5) is 20.7. The number of thiophene rings is 4. The average molecular weight is 1860 g/mol. The lowest BCUT2D eigenvalue weighted by molar-refractivity contribution is 0.669. The number of benzene rings is 20. The molecule has 0 aliphatic rings. The molecule has 0 atom stereocenters. The topological polar surface area (TPSA) is 122 Å². The molecule has 0 bridgehead atoms. The fraction of sp³-hybridized carbons (Fsp3) is 0. The van der Waals surface area contributed by atoms with Crippen LogP contribution in [0.1, 0.15) is 0 Å². The molecular weight excluding hydrogens is 1790 g/mol. The van der Waals surface area contributed by atoms with Crippen molar-refractivity contribution in [3.8, 4) is 0 Å². The highest BCUT2D eigenvalue weighted by molar-refractivity contribution is 7.28. The second-order valence-corrected chi connectivity index (χ2v) is 41.0. The first-order chi connectivity index (χ1) is 69.4. The normalized spacial score (nSPS) is 12.6. The molecule has 16 heterocycles. The maximum Gasteiger partial charge on any atom is 0.147 e. The summed E-state index contributed by atoms with van der Waals surface area (Å²) in [6, 6.07) is 138. The monoisotopic (exact) mass is 1860 g/mol. The van der Waals surface area contributed by atoms with Gasteiger partial charge in [0.25, 0.3) is 0 Å². The molecule has 0 aliphatic heterocycles. The first-order valence-electron chi connectivity index (χ1n) is 46.9. The van der Waals surface area contributed by atoms with Crippen molar-refractivity contribution in [1.29, 1.82) is 0 Å². The Kier molecular flexibility index (Phi) is 15.2. The molecule has 0 unspecified atom stereocenters. The highest BCUT2D eigenvalue weighted by Gasteiger charge is 2.28. The van der Waals surface area contributed by atoms with Gasteiger partial charge in [-0.25, -0.2) is 19.9 Å². The largest absolute Gasteiger partial charge is 0.456 e. The molecule has 36 aromatic rings. The minimum Gasteiger partial charge on any atom is -0.456 e. The van der Waals surface area contributed by atoms with E-state index in [1.54, 1.807) is 0 Å². The minimum absolute atomic E-state index is 0.902. The fourth-order valence-electron chi connectivity index (χ4n) is 23.4. The van der Waals surface area contributed by atoms with E-state index in [4.69, 9.17) is 37.6 Å². The first-order valence-corrected chi connectivity index (χ1v) is 50.2. The van der Waals surface area contributed by atoms with Crippen LogP contribution in [-0.4, -0.2) is 37.5 Å². The summed E-state index contributed by atoms with van der Waals surface area (Å²) in [6.07, 6.45) is 0. The molecule has 0 fully saturated rings. The minimum atomic E-state index is 0.902. The van der Waals surface area contributed by atoms with Crippen molar-refractivity contribution >= 4 is 367 Å². The van der Waals surface area contributed by atoms with Gasteiger partial charge in [0.05, 0.1) is 71.6 Å². The predicted molar refractivity (Wildman–Crippen MR) is 592 cm³/mol. The Bertz CT molecular complexity index is 11900. The maximum absolute atomic E-state index is 6.30. The van der Waals surface area contributed by atoms with Crippen molar-refractivity contribution in [2.24, 2.45) is 0 Å². The van der Waals surface area contributed by atoms with Crippen molar-refractivity contribution in [3.63, 3.8) is 0 Å². The third kappa shape index (κ3) is 10.4. The van der Waals surface area contributed by atoms with E-state index in [0.717, 1.165) is 177 Å². The van der Waals surface area contributed by atoms with Gasteiger partial charge in [0, 0.05) is 174 Å². The summed E-state index contributed by atoms with van der Waals surface area (Å²) < 4.78 is 44.9. The van der Waals surface area contributed by atoms with Gasteiger partial charge in [0.1, 0.15) is 67.3 Å². The van der Waals surface area contributed by atoms with Crippen LogP contribution >= 0.6 is 45.3 Å². The molecule has 0 radical (unpaired) electrons. The highest BCUT2D eigenvalue weighted by Crippen LogP contribution is 2.52. The summed E-state index contributed by atoms with van der Waals surface area (Å²) in [5, 5.41) is 34.1. The zero-order valence-electron chi connectivity index (χ0n) is 73.8. The van der Waals surface area contributed by atoms with Crippen molar-refractivity contribution in [1.82, 2.24) is 37.5 Å². The molecule has 0 amide bonds. The second kappa shape index (κ2) is 28.0. The molecule has 16 aromatic heterocycles. The van der Waals surface area contributed by atoms with E-state index in [2.05, 4.69) is 357 Å². The van der Waals surface area contributed by atoms with E-state index in [9.17, 15) is 0 Å². The molecule has 0 aliphatic carbocycles. The SMILES string of the molecule is c1ccc2c(c1)nc1c3c(ccc4c5ccccc5sc43)c3cc4c(cc3n21)oc1ccccc14.c1ccc2c(c1)nc1c3c(ccc4c5ccccc5sc43)c3cc4oc5ccccc5c4cc3n21.c1ccc2c(c1)nc1c3c(ccc4c5ccccc5sc43)c3ccc4oc5ccccc5c4c3n21.c1ccc2c(c1)nc1c3cc4sc5ccccc5c4cc3c3cc4c(cc3n21)oc1ccccc14. The first kappa shape index (κ1) is 75.6. The van der Waals surface area contributed by atoms with Crippen LogP contribution in [0.5, 0.6) is 0 Å². The standard InChI is InChI=1S/4C31H16N2OS/c1-5-11-24-21(8-1)27-25(34-24)16-15-19-18-13-14-20-17-7-2-6-12-26(17)35-30(20)28(18)31-32-22-9-3-4-10-23(22)33(31)29(19)27;1-5-11-27-17(7-1)21-14-20-19-13-22-18-8-2-6-12-29(18)35-30(22)15-23(19)31-32-24-9-3-4-10-25(24)33(31)26(20)16-28(21)34-27;1-5-11-26-17(7-1)22-15-25-21(16-27(22)34-26)19-13-14-20-18-8-2-6-12-28(18)35-30(20)29(19)31-32-23-9-3-4-10-24(23)33(25)31;1-5-11-26-17(7-1)22-15-21-19-13-14-20-18-8-2-6-12-28(18)35-30(20)29(19)31-32-23-9-3-4-10-24(23)33(31)25(21)16-27(22)34-26/h4*1-16H. The van der Waals surface area contributed by atoms with E-state index < -0.39 is 0 Å². The Hall–Kier alpha value is -17.6. The lowest BCUT2D eigenvalue weighted by Gasteiger charge is -2.11. The van der Waals surface area contributed by atoms with Gasteiger partial charge in [-0.3, -0.25) is 17.6 Å². The molecule has 0 N–H and O–H groups in total. The summed E-state index contributed by atoms with van der Waals surface area (Å²) in [7, 11) is 0. The predicted octanol–water partition coefficient (Wildman–Crippen LogP) is 36.2. The van der Waals surface area contributed by atoms with Gasteiger partial charge in [0.2, 0.25) is 0 Å². The smallest absolute Gasteiger partial charge is 0.147 e. The molecule has 20 aromatic carbocycles. The van der Waals surface area contributed by atoms with Crippen molar-refractivity contribution in [2.45, 2.75) is 0 Å². The zero-order valence-corrected chi connectivity index (χ0v) is 77.1. The van der Waals surface area contributed by atoms with E-state index in [-0.39, 0.29) is 0 Å². The molecule has 0 saturated heterocycles. The number of aromatic nitrogens is 8. The second-order valence-electron chi connectivity index (χ2n) is 36.7. The number of hydrogen-bond donors (Lipinski definition) is 0. The van der Waals surface area contributed by atoms with Crippen LogP contribution in [0.4, 0.5) is 0 Å². The van der Waals surface area contributed by atoms with Crippen LogP contribution in [0, 0.1) is 0 Å². The van der Waals surface area contributed by atoms with E-state index in [1.807, 2.05) is 93.9 Å². The van der Waals surface area contributed by atoms with E-state index in [0.29, 0.717) is 0 Å². The fourth-order valence-corrected chi connectivity index (χ4v) is 28.2. The zero-order chi connectivity index (χ0) is 90.7. The van der Waals surface area contributed by atoms with Crippen molar-refractivity contribution in [3.05, 3.63) is 388 Å². The van der Waals surface area contributed by atoms with Gasteiger partial charge in [-0.15, -0.1) is 45.3 Å². The molecule has 12 nitrogen and oxygen atoms in total. The number of furan rings is 4.